The fourth-order valence-electron chi connectivity index (χ4n) is 6.08. The smallest absolute Gasteiger partial charge is 0.340 e. The molecule has 2 saturated heterocycles. The number of anilines is 2. The number of likely N-dealkylation sites (tertiary alicyclic amines) is 1. The van der Waals surface area contributed by atoms with Gasteiger partial charge in [0.15, 0.2) is 0 Å². The molecule has 238 valence electrons. The van der Waals surface area contributed by atoms with Gasteiger partial charge in [0.1, 0.15) is 11.6 Å². The van der Waals surface area contributed by atoms with Crippen molar-refractivity contribution in [1.82, 2.24) is 29.7 Å². The first-order valence-corrected chi connectivity index (χ1v) is 14.9. The summed E-state index contributed by atoms with van der Waals surface area (Å²) >= 11 is 0. The van der Waals surface area contributed by atoms with Crippen LogP contribution < -0.4 is 5.32 Å². The lowest BCUT2D eigenvalue weighted by Gasteiger charge is -2.41. The molecule has 1 atom stereocenters. The van der Waals surface area contributed by atoms with Crippen LogP contribution in [-0.4, -0.2) is 75.1 Å². The van der Waals surface area contributed by atoms with E-state index in [1.54, 1.807) is 12.1 Å². The van der Waals surface area contributed by atoms with Crippen molar-refractivity contribution >= 4 is 22.4 Å². The molecule has 6 rings (SSSR count). The third-order valence-corrected chi connectivity index (χ3v) is 8.57. The largest absolute Gasteiger partial charge is 0.418 e. The third kappa shape index (κ3) is 7.05. The van der Waals surface area contributed by atoms with E-state index in [1.165, 1.54) is 43.3 Å². The number of hydrogen-bond acceptors (Lipinski definition) is 7. The number of piperazine rings is 1. The van der Waals surface area contributed by atoms with Gasteiger partial charge in [0, 0.05) is 49.0 Å². The van der Waals surface area contributed by atoms with Gasteiger partial charge in [-0.2, -0.15) is 26.3 Å². The molecule has 2 aromatic carbocycles. The van der Waals surface area contributed by atoms with Gasteiger partial charge in [0.2, 0.25) is 0 Å². The summed E-state index contributed by atoms with van der Waals surface area (Å²) in [4.78, 5) is 20.7. The summed E-state index contributed by atoms with van der Waals surface area (Å²) in [6, 6.07) is 11.5. The maximum atomic E-state index is 13.8. The SMILES string of the molecule is CC(N1CCCC1)N1CCN(Cc2nc(Nc3ccc(C(F)(F)F)cc3)c3ccc(-c4ncccc4C(F)(F)F)cc3n2)CC1. The van der Waals surface area contributed by atoms with Gasteiger partial charge in [-0.15, -0.1) is 0 Å². The first-order valence-electron chi connectivity index (χ1n) is 14.9. The van der Waals surface area contributed by atoms with Crippen molar-refractivity contribution in [2.75, 3.05) is 44.6 Å². The van der Waals surface area contributed by atoms with Gasteiger partial charge in [-0.25, -0.2) is 9.97 Å². The predicted molar refractivity (Wildman–Crippen MR) is 160 cm³/mol. The quantitative estimate of drug-likeness (QED) is 0.220. The molecule has 0 amide bonds. The van der Waals surface area contributed by atoms with Crippen LogP contribution in [0.3, 0.4) is 0 Å². The maximum absolute atomic E-state index is 13.8. The molecule has 7 nitrogen and oxygen atoms in total. The molecule has 0 aliphatic carbocycles. The molecule has 0 saturated carbocycles. The minimum absolute atomic E-state index is 0.215. The van der Waals surface area contributed by atoms with Crippen LogP contribution in [0.25, 0.3) is 22.2 Å². The third-order valence-electron chi connectivity index (χ3n) is 8.57. The molecule has 2 fully saturated rings. The molecule has 4 heterocycles. The average Bonchev–Trinajstić information content (AvgIpc) is 3.56. The van der Waals surface area contributed by atoms with E-state index in [0.29, 0.717) is 40.9 Å². The molecular formula is C32H33F6N7. The first kappa shape index (κ1) is 31.2. The number of hydrogen-bond donors (Lipinski definition) is 1. The van der Waals surface area contributed by atoms with Gasteiger partial charge in [0.25, 0.3) is 0 Å². The van der Waals surface area contributed by atoms with Gasteiger partial charge in [-0.1, -0.05) is 6.07 Å². The Morgan fingerprint density at radius 2 is 1.49 bits per heavy atom. The van der Waals surface area contributed by atoms with Crippen molar-refractivity contribution in [3.63, 3.8) is 0 Å². The Morgan fingerprint density at radius 3 is 2.16 bits per heavy atom. The number of halogens is 6. The van der Waals surface area contributed by atoms with E-state index in [1.807, 2.05) is 0 Å². The standard InChI is InChI=1S/C32H33F6N7/c1-21(44-13-2-3-14-44)45-17-15-43(16-18-45)20-28-41-27-19-22(29-26(32(36,37)38)5-4-12-39-29)6-11-25(27)30(42-28)40-24-9-7-23(8-10-24)31(33,34)35/h4-12,19,21H,2-3,13-18,20H2,1H3,(H,40,41,42). The Balaban J connectivity index is 1.30. The summed E-state index contributed by atoms with van der Waals surface area (Å²) in [5, 5.41) is 3.62. The molecule has 1 unspecified atom stereocenters. The summed E-state index contributed by atoms with van der Waals surface area (Å²) in [5.41, 5.74) is -0.834. The number of pyridine rings is 1. The van der Waals surface area contributed by atoms with Gasteiger partial charge < -0.3 is 5.32 Å². The lowest BCUT2D eigenvalue weighted by molar-refractivity contribution is -0.138. The number of nitrogens with one attached hydrogen (secondary N) is 1. The second-order valence-corrected chi connectivity index (χ2v) is 11.5. The summed E-state index contributed by atoms with van der Waals surface area (Å²) in [5.74, 6) is 0.798. The van der Waals surface area contributed by atoms with Gasteiger partial charge in [-0.3, -0.25) is 19.7 Å². The zero-order chi connectivity index (χ0) is 31.8. The number of benzene rings is 2. The highest BCUT2D eigenvalue weighted by molar-refractivity contribution is 5.93. The molecule has 0 radical (unpaired) electrons. The number of aromatic nitrogens is 3. The van der Waals surface area contributed by atoms with E-state index in [0.717, 1.165) is 57.5 Å². The van der Waals surface area contributed by atoms with Crippen LogP contribution in [0.4, 0.5) is 37.8 Å². The van der Waals surface area contributed by atoms with Crippen LogP contribution in [-0.2, 0) is 18.9 Å². The molecule has 2 aliphatic rings. The second kappa shape index (κ2) is 12.5. The Kier molecular flexibility index (Phi) is 8.68. The van der Waals surface area contributed by atoms with Crippen LogP contribution >= 0.6 is 0 Å². The lowest BCUT2D eigenvalue weighted by Crippen LogP contribution is -2.54. The molecule has 2 aromatic heterocycles. The lowest BCUT2D eigenvalue weighted by atomic mass is 10.0. The van der Waals surface area contributed by atoms with Gasteiger partial charge in [0.05, 0.1) is 35.0 Å². The van der Waals surface area contributed by atoms with Crippen LogP contribution in [0.5, 0.6) is 0 Å². The highest BCUT2D eigenvalue weighted by atomic mass is 19.4. The Hall–Kier alpha value is -3.81. The Labute approximate surface area is 256 Å². The van der Waals surface area contributed by atoms with Crippen LogP contribution in [0.2, 0.25) is 0 Å². The van der Waals surface area contributed by atoms with Gasteiger partial charge in [-0.05, 0) is 81.4 Å². The van der Waals surface area contributed by atoms with Crippen molar-refractivity contribution in [3.8, 4) is 11.3 Å². The fraction of sp³-hybridized carbons (Fsp3) is 0.406. The minimum Gasteiger partial charge on any atom is -0.340 e. The van der Waals surface area contributed by atoms with E-state index in [2.05, 4.69) is 31.9 Å². The van der Waals surface area contributed by atoms with Crippen molar-refractivity contribution in [2.24, 2.45) is 0 Å². The molecular weight excluding hydrogens is 596 g/mol. The fourth-order valence-corrected chi connectivity index (χ4v) is 6.08. The van der Waals surface area contributed by atoms with E-state index >= 15 is 0 Å². The minimum atomic E-state index is -4.60. The van der Waals surface area contributed by atoms with Crippen molar-refractivity contribution in [3.05, 3.63) is 77.7 Å². The molecule has 13 heteroatoms. The molecule has 45 heavy (non-hydrogen) atoms. The number of fused-ring (bicyclic) bond motifs is 1. The van der Waals surface area contributed by atoms with E-state index in [9.17, 15) is 26.3 Å². The topological polar surface area (TPSA) is 60.4 Å². The summed E-state index contributed by atoms with van der Waals surface area (Å²) in [7, 11) is 0. The Morgan fingerprint density at radius 1 is 0.800 bits per heavy atom. The normalized spacial score (nSPS) is 18.0. The van der Waals surface area contributed by atoms with E-state index in [-0.39, 0.29) is 11.3 Å². The molecule has 1 N–H and O–H groups in total. The maximum Gasteiger partial charge on any atom is 0.418 e. The first-order chi connectivity index (χ1) is 21.5. The van der Waals surface area contributed by atoms with Crippen molar-refractivity contribution in [1.29, 1.82) is 0 Å². The van der Waals surface area contributed by atoms with Crippen LogP contribution in [0, 0.1) is 0 Å². The zero-order valence-corrected chi connectivity index (χ0v) is 24.7. The molecule has 4 aromatic rings. The Bertz CT molecular complexity index is 1630. The molecule has 2 aliphatic heterocycles. The second-order valence-electron chi connectivity index (χ2n) is 11.5. The zero-order valence-electron chi connectivity index (χ0n) is 24.7. The van der Waals surface area contributed by atoms with E-state index in [4.69, 9.17) is 9.97 Å². The van der Waals surface area contributed by atoms with Crippen LogP contribution in [0.15, 0.2) is 60.8 Å². The van der Waals surface area contributed by atoms with Crippen molar-refractivity contribution < 1.29 is 26.3 Å². The number of alkyl halides is 6. The predicted octanol–water partition coefficient (Wildman–Crippen LogP) is 7.03. The summed E-state index contributed by atoms with van der Waals surface area (Å²) in [6.45, 7) is 8.24. The molecule has 0 spiro atoms. The molecule has 0 bridgehead atoms. The summed E-state index contributed by atoms with van der Waals surface area (Å²) < 4.78 is 80.8. The van der Waals surface area contributed by atoms with Gasteiger partial charge >= 0.3 is 12.4 Å². The number of rotatable bonds is 7. The average molecular weight is 630 g/mol. The monoisotopic (exact) mass is 629 g/mol. The van der Waals surface area contributed by atoms with E-state index < -0.39 is 23.5 Å². The highest BCUT2D eigenvalue weighted by Gasteiger charge is 2.34. The van der Waals surface area contributed by atoms with Crippen LogP contribution in [0.1, 0.15) is 36.7 Å². The summed E-state index contributed by atoms with van der Waals surface area (Å²) in [6.07, 6.45) is -4.93. The van der Waals surface area contributed by atoms with Crippen molar-refractivity contribution in [2.45, 2.75) is 44.8 Å². The number of nitrogens with zero attached hydrogens (tertiary/aromatic N) is 6. The highest BCUT2D eigenvalue weighted by Crippen LogP contribution is 2.37.